The Hall–Kier alpha value is -2.17. The van der Waals surface area contributed by atoms with E-state index in [1.54, 1.807) is 0 Å². The molecule has 30 heavy (non-hydrogen) atoms. The van der Waals surface area contributed by atoms with Gasteiger partial charge in [-0.3, -0.25) is 0 Å². The minimum Gasteiger partial charge on any atom is -0.423 e. The summed E-state index contributed by atoms with van der Waals surface area (Å²) in [4.78, 5) is 17.7. The number of carbonyl (C=O) groups is 1. The molecule has 1 aliphatic carbocycles. The Morgan fingerprint density at radius 2 is 1.57 bits per heavy atom. The van der Waals surface area contributed by atoms with Crippen LogP contribution < -0.4 is 4.74 Å². The maximum Gasteiger partial charge on any atom is 0.343 e. The maximum atomic E-state index is 12.5. The van der Waals surface area contributed by atoms with Gasteiger partial charge in [0.05, 0.1) is 5.56 Å². The third-order valence-corrected chi connectivity index (χ3v) is 6.33. The minimum atomic E-state index is -0.299. The van der Waals surface area contributed by atoms with Crippen LogP contribution in [0.15, 0.2) is 42.5 Å². The van der Waals surface area contributed by atoms with Crippen LogP contribution in [0.4, 0.5) is 0 Å². The molecule has 1 aliphatic heterocycles. The van der Waals surface area contributed by atoms with E-state index < -0.39 is 0 Å². The standard InChI is InChI=1S/C26H34N2O2/c1-19-14-20(2)16-24(15-19)26(29)30-25-8-6-23(7-9-25)21(3)17-27-10-12-28(13-11-27)18-22-4-5-22/h6-9,14-16,21-22H,4-5,10-13,17-18H2,1-3H3. The van der Waals surface area contributed by atoms with Gasteiger partial charge in [-0.2, -0.15) is 0 Å². The lowest BCUT2D eigenvalue weighted by molar-refractivity contribution is 0.0734. The molecule has 2 aromatic carbocycles. The molecule has 1 unspecified atom stereocenters. The molecule has 2 aliphatic rings. The van der Waals surface area contributed by atoms with Gasteiger partial charge >= 0.3 is 5.97 Å². The first kappa shape index (κ1) is 21.1. The molecule has 2 aromatic rings. The van der Waals surface area contributed by atoms with Gasteiger partial charge in [0.25, 0.3) is 0 Å². The van der Waals surface area contributed by atoms with Gasteiger partial charge in [-0.1, -0.05) is 36.2 Å². The summed E-state index contributed by atoms with van der Waals surface area (Å²) >= 11 is 0. The van der Waals surface area contributed by atoms with Crippen LogP contribution in [0.25, 0.3) is 0 Å². The Morgan fingerprint density at radius 3 is 2.17 bits per heavy atom. The fourth-order valence-electron chi connectivity index (χ4n) is 4.44. The van der Waals surface area contributed by atoms with Gasteiger partial charge in [0, 0.05) is 39.3 Å². The molecule has 0 amide bonds. The molecule has 0 aromatic heterocycles. The Bertz CT molecular complexity index is 845. The quantitative estimate of drug-likeness (QED) is 0.495. The molecule has 0 spiro atoms. The van der Waals surface area contributed by atoms with Crippen molar-refractivity contribution in [3.05, 3.63) is 64.7 Å². The number of esters is 1. The van der Waals surface area contributed by atoms with Crippen molar-refractivity contribution in [2.45, 2.75) is 39.5 Å². The van der Waals surface area contributed by atoms with Crippen molar-refractivity contribution < 1.29 is 9.53 Å². The molecular weight excluding hydrogens is 372 g/mol. The smallest absolute Gasteiger partial charge is 0.343 e. The summed E-state index contributed by atoms with van der Waals surface area (Å²) < 4.78 is 5.59. The number of hydrogen-bond acceptors (Lipinski definition) is 4. The van der Waals surface area contributed by atoms with Gasteiger partial charge in [0.15, 0.2) is 0 Å². The number of benzene rings is 2. The van der Waals surface area contributed by atoms with Crippen molar-refractivity contribution in [1.29, 1.82) is 0 Å². The first-order chi connectivity index (χ1) is 14.5. The van der Waals surface area contributed by atoms with Crippen LogP contribution in [0.1, 0.15) is 52.7 Å². The molecule has 2 fully saturated rings. The molecule has 4 nitrogen and oxygen atoms in total. The van der Waals surface area contributed by atoms with Crippen molar-refractivity contribution in [2.24, 2.45) is 5.92 Å². The topological polar surface area (TPSA) is 32.8 Å². The lowest BCUT2D eigenvalue weighted by Gasteiger charge is -2.36. The second-order valence-electron chi connectivity index (χ2n) is 9.28. The predicted octanol–water partition coefficient (Wildman–Crippen LogP) is 4.65. The molecular formula is C26H34N2O2. The molecule has 4 heteroatoms. The van der Waals surface area contributed by atoms with Crippen LogP contribution in [0.5, 0.6) is 5.75 Å². The summed E-state index contributed by atoms with van der Waals surface area (Å²) in [6, 6.07) is 13.8. The number of hydrogen-bond donors (Lipinski definition) is 0. The highest BCUT2D eigenvalue weighted by Gasteiger charge is 2.26. The summed E-state index contributed by atoms with van der Waals surface area (Å²) in [5.74, 6) is 1.75. The Labute approximate surface area is 180 Å². The zero-order chi connectivity index (χ0) is 21.1. The van der Waals surface area contributed by atoms with E-state index in [9.17, 15) is 4.79 Å². The molecule has 4 rings (SSSR count). The molecule has 1 saturated carbocycles. The summed E-state index contributed by atoms with van der Waals surface area (Å²) in [5.41, 5.74) is 4.03. The van der Waals surface area contributed by atoms with E-state index in [1.807, 2.05) is 38.1 Å². The normalized spacial score (nSPS) is 18.9. The van der Waals surface area contributed by atoms with Crippen LogP contribution in [0.2, 0.25) is 0 Å². The van der Waals surface area contributed by atoms with Crippen molar-refractivity contribution >= 4 is 5.97 Å². The molecule has 1 saturated heterocycles. The van der Waals surface area contributed by atoms with Gasteiger partial charge in [-0.05, 0) is 68.4 Å². The van der Waals surface area contributed by atoms with E-state index in [2.05, 4.69) is 34.9 Å². The van der Waals surface area contributed by atoms with E-state index >= 15 is 0 Å². The monoisotopic (exact) mass is 406 g/mol. The third kappa shape index (κ3) is 5.71. The van der Waals surface area contributed by atoms with Crippen LogP contribution >= 0.6 is 0 Å². The van der Waals surface area contributed by atoms with Crippen molar-refractivity contribution in [3.63, 3.8) is 0 Å². The fourth-order valence-corrected chi connectivity index (χ4v) is 4.44. The molecule has 0 N–H and O–H groups in total. The lowest BCUT2D eigenvalue weighted by Crippen LogP contribution is -2.47. The number of piperazine rings is 1. The van der Waals surface area contributed by atoms with Gasteiger partial charge in [-0.25, -0.2) is 4.79 Å². The highest BCUT2D eigenvalue weighted by Crippen LogP contribution is 2.30. The zero-order valence-corrected chi connectivity index (χ0v) is 18.6. The van der Waals surface area contributed by atoms with Crippen LogP contribution in [0, 0.1) is 19.8 Å². The molecule has 160 valence electrons. The number of nitrogens with zero attached hydrogens (tertiary/aromatic N) is 2. The first-order valence-corrected chi connectivity index (χ1v) is 11.3. The highest BCUT2D eigenvalue weighted by atomic mass is 16.5. The Balaban J connectivity index is 1.28. The van der Waals surface area contributed by atoms with Crippen molar-refractivity contribution in [3.8, 4) is 5.75 Å². The van der Waals surface area contributed by atoms with E-state index in [4.69, 9.17) is 4.74 Å². The summed E-state index contributed by atoms with van der Waals surface area (Å²) in [5, 5.41) is 0. The highest BCUT2D eigenvalue weighted by molar-refractivity contribution is 5.91. The van der Waals surface area contributed by atoms with Crippen LogP contribution in [0.3, 0.4) is 0 Å². The zero-order valence-electron chi connectivity index (χ0n) is 18.6. The minimum absolute atomic E-state index is 0.299. The van der Waals surface area contributed by atoms with Crippen LogP contribution in [-0.2, 0) is 0 Å². The Kier molecular flexibility index (Phi) is 6.55. The summed E-state index contributed by atoms with van der Waals surface area (Å²) in [7, 11) is 0. The van der Waals surface area contributed by atoms with E-state index in [-0.39, 0.29) is 5.97 Å². The van der Waals surface area contributed by atoms with Crippen molar-refractivity contribution in [2.75, 3.05) is 39.3 Å². The number of carbonyl (C=O) groups excluding carboxylic acids is 1. The van der Waals surface area contributed by atoms with Gasteiger partial charge < -0.3 is 14.5 Å². The first-order valence-electron chi connectivity index (χ1n) is 11.3. The third-order valence-electron chi connectivity index (χ3n) is 6.33. The van der Waals surface area contributed by atoms with Gasteiger partial charge in [0.2, 0.25) is 0 Å². The van der Waals surface area contributed by atoms with Gasteiger partial charge in [0.1, 0.15) is 5.75 Å². The fraction of sp³-hybridized carbons (Fsp3) is 0.500. The van der Waals surface area contributed by atoms with E-state index in [0.29, 0.717) is 17.2 Å². The molecule has 0 radical (unpaired) electrons. The number of rotatable bonds is 7. The molecule has 1 atom stereocenters. The number of ether oxygens (including phenoxy) is 1. The van der Waals surface area contributed by atoms with E-state index in [1.165, 1.54) is 51.1 Å². The van der Waals surface area contributed by atoms with Crippen molar-refractivity contribution in [1.82, 2.24) is 9.80 Å². The summed E-state index contributed by atoms with van der Waals surface area (Å²) in [6.07, 6.45) is 2.88. The predicted molar refractivity (Wildman–Crippen MR) is 121 cm³/mol. The van der Waals surface area contributed by atoms with Gasteiger partial charge in [-0.15, -0.1) is 0 Å². The molecule has 1 heterocycles. The Morgan fingerprint density at radius 1 is 0.967 bits per heavy atom. The number of aryl methyl sites for hydroxylation is 2. The average molecular weight is 407 g/mol. The van der Waals surface area contributed by atoms with Crippen LogP contribution in [-0.4, -0.2) is 55.0 Å². The molecule has 0 bridgehead atoms. The largest absolute Gasteiger partial charge is 0.423 e. The second kappa shape index (κ2) is 9.32. The summed E-state index contributed by atoms with van der Waals surface area (Å²) in [6.45, 7) is 13.4. The SMILES string of the molecule is Cc1cc(C)cc(C(=O)Oc2ccc(C(C)CN3CCN(CC4CC4)CC3)cc2)c1. The maximum absolute atomic E-state index is 12.5. The lowest BCUT2D eigenvalue weighted by atomic mass is 10.00. The average Bonchev–Trinajstić information content (AvgIpc) is 3.53. The second-order valence-corrected chi connectivity index (χ2v) is 9.28. The van der Waals surface area contributed by atoms with E-state index in [0.717, 1.165) is 23.6 Å².